The minimum Gasteiger partial charge on any atom is -0.363 e. The lowest BCUT2D eigenvalue weighted by molar-refractivity contribution is -0.457. The van der Waals surface area contributed by atoms with Crippen LogP contribution < -0.4 is 16.3 Å². The van der Waals surface area contributed by atoms with Crippen LogP contribution >= 0.6 is 12.6 Å². The largest absolute Gasteiger partial charge is 0.363 e. The highest BCUT2D eigenvalue weighted by atomic mass is 32.1. The molecule has 0 saturated heterocycles. The van der Waals surface area contributed by atoms with E-state index in [4.69, 9.17) is 10.9 Å². The summed E-state index contributed by atoms with van der Waals surface area (Å²) in [5, 5.41) is 14.5. The van der Waals surface area contributed by atoms with Crippen molar-refractivity contribution in [3.63, 3.8) is 0 Å². The molecule has 0 amide bonds. The van der Waals surface area contributed by atoms with Gasteiger partial charge in [-0.2, -0.15) is 0 Å². The van der Waals surface area contributed by atoms with Gasteiger partial charge in [0.15, 0.2) is 0 Å². The van der Waals surface area contributed by atoms with Crippen LogP contribution in [0.25, 0.3) is 0 Å². The number of guanidine groups is 1. The molecule has 1 rings (SSSR count). The van der Waals surface area contributed by atoms with E-state index in [1.54, 1.807) is 11.7 Å². The van der Waals surface area contributed by atoms with Crippen LogP contribution in [0.3, 0.4) is 0 Å². The Labute approximate surface area is 93.1 Å². The van der Waals surface area contributed by atoms with Crippen LogP contribution in [0.5, 0.6) is 0 Å². The normalized spacial score (nSPS) is 12.1. The molecule has 0 radical (unpaired) electrons. The van der Waals surface area contributed by atoms with Gasteiger partial charge in [0.05, 0.1) is 5.56 Å². The van der Waals surface area contributed by atoms with Gasteiger partial charge in [-0.1, -0.05) is 12.1 Å². The standard InChI is InChI=1S/C9H12N4OS/c1-6-3-2-4-7(8(6)15)5-11-12-9(10)13-14/h2-5,14-15H,1H3,(H3,10,12,13)/p+1. The molecule has 0 unspecified atom stereocenters. The Bertz CT molecular complexity index is 403. The quantitative estimate of drug-likeness (QED) is 0.193. The molecule has 15 heavy (non-hydrogen) atoms. The fourth-order valence-electron chi connectivity index (χ4n) is 0.994. The first kappa shape index (κ1) is 11.5. The molecule has 0 bridgehead atoms. The molecule has 0 saturated carbocycles. The molecule has 5 nitrogen and oxygen atoms in total. The van der Waals surface area contributed by atoms with Gasteiger partial charge in [0.2, 0.25) is 6.21 Å². The Balaban J connectivity index is 2.86. The van der Waals surface area contributed by atoms with Gasteiger partial charge in [0, 0.05) is 10.00 Å². The van der Waals surface area contributed by atoms with Gasteiger partial charge in [0.1, 0.15) is 0 Å². The summed E-state index contributed by atoms with van der Waals surface area (Å²) in [6.45, 7) is 1.96. The maximum absolute atomic E-state index is 8.36. The first-order chi connectivity index (χ1) is 7.15. The summed E-state index contributed by atoms with van der Waals surface area (Å²) in [6.07, 6.45) is 1.64. The van der Waals surface area contributed by atoms with Gasteiger partial charge in [-0.05, 0) is 18.6 Å². The molecule has 1 aromatic rings. The Hall–Kier alpha value is -1.53. The number of nitrogens with zero attached hydrogens (tertiary/aromatic N) is 1. The number of aryl methyl sites for hydroxylation is 1. The van der Waals surface area contributed by atoms with Crippen molar-refractivity contribution < 1.29 is 10.3 Å². The average Bonchev–Trinajstić information content (AvgIpc) is 2.24. The molecule has 0 aliphatic carbocycles. The van der Waals surface area contributed by atoms with Gasteiger partial charge in [-0.3, -0.25) is 5.21 Å². The van der Waals surface area contributed by atoms with Crippen molar-refractivity contribution >= 4 is 24.8 Å². The van der Waals surface area contributed by atoms with E-state index < -0.39 is 0 Å². The van der Waals surface area contributed by atoms with Crippen LogP contribution in [-0.4, -0.2) is 17.4 Å². The van der Waals surface area contributed by atoms with Crippen molar-refractivity contribution in [2.24, 2.45) is 10.8 Å². The number of benzene rings is 1. The predicted octanol–water partition coefficient (Wildman–Crippen LogP) is -1.01. The van der Waals surface area contributed by atoms with E-state index in [-0.39, 0.29) is 5.96 Å². The molecule has 0 spiro atoms. The molecule has 0 fully saturated rings. The fourth-order valence-corrected chi connectivity index (χ4v) is 1.21. The van der Waals surface area contributed by atoms with Crippen molar-refractivity contribution in [2.75, 3.05) is 0 Å². The number of nitrogens with one attached hydrogen (secondary N) is 2. The molecule has 0 aromatic heterocycles. The number of rotatable bonds is 2. The third kappa shape index (κ3) is 3.26. The number of thiol groups is 1. The summed E-state index contributed by atoms with van der Waals surface area (Å²) >= 11 is 4.34. The molecule has 0 aliphatic heterocycles. The van der Waals surface area contributed by atoms with E-state index in [1.165, 1.54) is 0 Å². The van der Waals surface area contributed by atoms with Crippen molar-refractivity contribution in [2.45, 2.75) is 11.8 Å². The van der Waals surface area contributed by atoms with Crippen LogP contribution in [0, 0.1) is 6.92 Å². The fraction of sp³-hybridized carbons (Fsp3) is 0.111. The van der Waals surface area contributed by atoms with Crippen LogP contribution in [0.2, 0.25) is 0 Å². The Morgan fingerprint density at radius 1 is 1.67 bits per heavy atom. The zero-order valence-electron chi connectivity index (χ0n) is 8.23. The van der Waals surface area contributed by atoms with E-state index in [0.29, 0.717) is 0 Å². The molecule has 5 N–H and O–H groups in total. The summed E-state index contributed by atoms with van der Waals surface area (Å²) in [4.78, 5) is 0.871. The van der Waals surface area contributed by atoms with Crippen LogP contribution in [0.1, 0.15) is 11.1 Å². The third-order valence-corrected chi connectivity index (χ3v) is 2.40. The average molecular weight is 225 g/mol. The van der Waals surface area contributed by atoms with Crippen LogP contribution in [0.15, 0.2) is 28.2 Å². The number of hydroxylamine groups is 1. The molecule has 6 heteroatoms. The maximum Gasteiger partial charge on any atom is 0.283 e. The smallest absolute Gasteiger partial charge is 0.283 e. The second-order valence-corrected chi connectivity index (χ2v) is 3.34. The second-order valence-electron chi connectivity index (χ2n) is 2.90. The van der Waals surface area contributed by atoms with Gasteiger partial charge in [-0.25, -0.2) is 5.48 Å². The minimum atomic E-state index is -0.111. The van der Waals surface area contributed by atoms with Crippen molar-refractivity contribution in [1.29, 1.82) is 0 Å². The third-order valence-electron chi connectivity index (χ3n) is 1.79. The number of nitrogens with two attached hydrogens (primary N) is 1. The summed E-state index contributed by atoms with van der Waals surface area (Å²) in [7, 11) is 0. The monoisotopic (exact) mass is 225 g/mol. The van der Waals surface area contributed by atoms with E-state index in [9.17, 15) is 0 Å². The molecule has 0 heterocycles. The Morgan fingerprint density at radius 3 is 3.07 bits per heavy atom. The van der Waals surface area contributed by atoms with Crippen LogP contribution in [0.4, 0.5) is 0 Å². The maximum atomic E-state index is 8.36. The summed E-state index contributed by atoms with van der Waals surface area (Å²) < 4.78 is 0. The van der Waals surface area contributed by atoms with Crippen molar-refractivity contribution in [3.05, 3.63) is 29.3 Å². The minimum absolute atomic E-state index is 0.111. The van der Waals surface area contributed by atoms with E-state index in [2.05, 4.69) is 22.8 Å². The molecule has 80 valence electrons. The number of hydrazone groups is 1. The lowest BCUT2D eigenvalue weighted by Crippen LogP contribution is -2.64. The van der Waals surface area contributed by atoms with E-state index in [1.807, 2.05) is 25.1 Å². The molecular weight excluding hydrogens is 212 g/mol. The van der Waals surface area contributed by atoms with E-state index in [0.717, 1.165) is 16.0 Å². The Morgan fingerprint density at radius 2 is 2.40 bits per heavy atom. The molecule has 0 aliphatic rings. The highest BCUT2D eigenvalue weighted by Crippen LogP contribution is 2.15. The number of hydrogen-bond acceptors (Lipinski definition) is 3. The van der Waals surface area contributed by atoms with Gasteiger partial charge in [0.25, 0.3) is 5.96 Å². The van der Waals surface area contributed by atoms with Gasteiger partial charge < -0.3 is 5.73 Å². The summed E-state index contributed by atoms with van der Waals surface area (Å²) in [6, 6.07) is 5.77. The van der Waals surface area contributed by atoms with Gasteiger partial charge >= 0.3 is 0 Å². The molecular formula is C9H13N4OS+. The Kier molecular flexibility index (Phi) is 4.14. The van der Waals surface area contributed by atoms with Crippen LogP contribution in [-0.2, 0) is 0 Å². The first-order valence-electron chi connectivity index (χ1n) is 4.25. The second kappa shape index (κ2) is 5.38. The molecule has 0 atom stereocenters. The summed E-state index contributed by atoms with van der Waals surface area (Å²) in [5.41, 5.74) is 8.87. The molecule has 1 aromatic carbocycles. The zero-order chi connectivity index (χ0) is 11.3. The predicted molar refractivity (Wildman–Crippen MR) is 61.1 cm³/mol. The van der Waals surface area contributed by atoms with Gasteiger partial charge in [-0.15, -0.1) is 17.7 Å². The van der Waals surface area contributed by atoms with E-state index >= 15 is 0 Å². The lowest BCUT2D eigenvalue weighted by Gasteiger charge is -1.98. The first-order valence-corrected chi connectivity index (χ1v) is 4.70. The zero-order valence-corrected chi connectivity index (χ0v) is 9.12. The lowest BCUT2D eigenvalue weighted by atomic mass is 10.1. The van der Waals surface area contributed by atoms with Crippen molar-refractivity contribution in [1.82, 2.24) is 5.48 Å². The van der Waals surface area contributed by atoms with Crippen molar-refractivity contribution in [3.8, 4) is 0 Å². The topological polar surface area (TPSA) is 84.6 Å². The SMILES string of the molecule is Cc1cccc(C=[NH+]/N=C(\N)NO)c1S. The highest BCUT2D eigenvalue weighted by Gasteiger charge is 2.00. The summed E-state index contributed by atoms with van der Waals surface area (Å²) in [5.74, 6) is -0.111. The number of hydrogen-bond donors (Lipinski definition) is 5. The highest BCUT2D eigenvalue weighted by molar-refractivity contribution is 7.80.